The third-order valence-corrected chi connectivity index (χ3v) is 8.27. The lowest BCUT2D eigenvalue weighted by molar-refractivity contribution is -0.140. The molecule has 0 aliphatic carbocycles. The van der Waals surface area contributed by atoms with Crippen LogP contribution in [0.5, 0.6) is 5.75 Å². The maximum absolute atomic E-state index is 13.6. The van der Waals surface area contributed by atoms with Crippen molar-refractivity contribution in [3.8, 4) is 5.75 Å². The number of aromatic nitrogens is 2. The number of nitrogens with zero attached hydrogens (tertiary/aromatic N) is 4. The first-order valence-corrected chi connectivity index (χ1v) is 14.7. The number of rotatable bonds is 9. The Morgan fingerprint density at radius 3 is 2.44 bits per heavy atom. The van der Waals surface area contributed by atoms with E-state index >= 15 is 0 Å². The molecule has 0 saturated carbocycles. The van der Waals surface area contributed by atoms with Crippen molar-refractivity contribution in [1.82, 2.24) is 19.2 Å². The number of ketones is 1. The van der Waals surface area contributed by atoms with Crippen LogP contribution in [-0.4, -0.2) is 75.4 Å². The van der Waals surface area contributed by atoms with E-state index in [1.807, 2.05) is 91.2 Å². The molecule has 2 fully saturated rings. The second-order valence-corrected chi connectivity index (χ2v) is 11.1. The lowest BCUT2D eigenvalue weighted by Gasteiger charge is -2.29. The maximum Gasteiger partial charge on any atom is 0.295 e. The first kappa shape index (κ1) is 28.6. The van der Waals surface area contributed by atoms with Crippen molar-refractivity contribution in [3.05, 3.63) is 107 Å². The molecule has 1 atom stereocenters. The van der Waals surface area contributed by atoms with Crippen LogP contribution in [0, 0.1) is 13.8 Å². The lowest BCUT2D eigenvalue weighted by atomic mass is 9.96. The second-order valence-electron chi connectivity index (χ2n) is 11.1. The molecule has 0 radical (unpaired) electrons. The zero-order valence-corrected chi connectivity index (χ0v) is 24.5. The van der Waals surface area contributed by atoms with E-state index in [-0.39, 0.29) is 11.3 Å². The number of carbonyl (C=O) groups excluding carboxylic acids is 2. The summed E-state index contributed by atoms with van der Waals surface area (Å²) in [6.07, 6.45) is 2.56. The summed E-state index contributed by atoms with van der Waals surface area (Å²) in [4.78, 5) is 35.7. The molecule has 2 saturated heterocycles. The number of aliphatic hydroxyl groups excluding tert-OH is 1. The maximum atomic E-state index is 13.6. The number of aliphatic hydroxyl groups is 1. The van der Waals surface area contributed by atoms with Crippen molar-refractivity contribution in [1.29, 1.82) is 0 Å². The minimum Gasteiger partial charge on any atom is -0.505 e. The van der Waals surface area contributed by atoms with Crippen LogP contribution in [-0.2, 0) is 20.9 Å². The van der Waals surface area contributed by atoms with Gasteiger partial charge in [0.2, 0.25) is 0 Å². The normalized spacial score (nSPS) is 18.9. The van der Waals surface area contributed by atoms with Gasteiger partial charge in [-0.25, -0.2) is 4.98 Å². The van der Waals surface area contributed by atoms with Gasteiger partial charge in [-0.05, 0) is 55.2 Å². The van der Waals surface area contributed by atoms with Gasteiger partial charge in [0.15, 0.2) is 5.76 Å². The highest BCUT2D eigenvalue weighted by Crippen LogP contribution is 2.40. The predicted octanol–water partition coefficient (Wildman–Crippen LogP) is 4.67. The Bertz CT molecular complexity index is 1660. The summed E-state index contributed by atoms with van der Waals surface area (Å²) in [5, 5.41) is 11.7. The van der Waals surface area contributed by atoms with Crippen molar-refractivity contribution in [3.63, 3.8) is 0 Å². The van der Waals surface area contributed by atoms with Gasteiger partial charge in [-0.1, -0.05) is 48.5 Å². The minimum atomic E-state index is -0.752. The molecule has 1 unspecified atom stereocenters. The smallest absolute Gasteiger partial charge is 0.295 e. The first-order chi connectivity index (χ1) is 20.9. The van der Waals surface area contributed by atoms with E-state index in [1.54, 1.807) is 4.90 Å². The summed E-state index contributed by atoms with van der Waals surface area (Å²) < 4.78 is 13.3. The predicted molar refractivity (Wildman–Crippen MR) is 163 cm³/mol. The Morgan fingerprint density at radius 2 is 1.72 bits per heavy atom. The molecule has 4 heterocycles. The van der Waals surface area contributed by atoms with E-state index in [9.17, 15) is 14.7 Å². The van der Waals surface area contributed by atoms with Gasteiger partial charge in [-0.15, -0.1) is 0 Å². The van der Waals surface area contributed by atoms with Crippen LogP contribution in [0.2, 0.25) is 0 Å². The molecule has 1 N–H and O–H groups in total. The van der Waals surface area contributed by atoms with Crippen molar-refractivity contribution in [2.75, 3.05) is 39.4 Å². The number of imidazole rings is 1. The van der Waals surface area contributed by atoms with Crippen LogP contribution in [0.25, 0.3) is 11.4 Å². The average molecular weight is 581 g/mol. The molecule has 0 bridgehead atoms. The summed E-state index contributed by atoms with van der Waals surface area (Å²) in [7, 11) is 0. The Hall–Kier alpha value is -4.47. The number of aryl methyl sites for hydroxylation is 2. The Balaban J connectivity index is 1.33. The van der Waals surface area contributed by atoms with Gasteiger partial charge in [0.1, 0.15) is 23.7 Å². The summed E-state index contributed by atoms with van der Waals surface area (Å²) in [6, 6.07) is 20.4. The Labute approximate surface area is 251 Å². The van der Waals surface area contributed by atoms with Crippen LogP contribution in [0.1, 0.15) is 40.5 Å². The molecule has 222 valence electrons. The van der Waals surface area contributed by atoms with Crippen LogP contribution in [0.4, 0.5) is 0 Å². The van der Waals surface area contributed by atoms with Gasteiger partial charge in [0.25, 0.3) is 11.7 Å². The number of hydrogen-bond donors (Lipinski definition) is 1. The van der Waals surface area contributed by atoms with E-state index in [0.717, 1.165) is 36.3 Å². The molecule has 2 aliphatic rings. The average Bonchev–Trinajstić information content (AvgIpc) is 3.51. The quantitative estimate of drug-likeness (QED) is 0.175. The van der Waals surface area contributed by atoms with E-state index in [4.69, 9.17) is 14.5 Å². The summed E-state index contributed by atoms with van der Waals surface area (Å²) in [5.74, 6) is -0.908. The summed E-state index contributed by atoms with van der Waals surface area (Å²) >= 11 is 0. The molecule has 1 amide bonds. The molecule has 6 rings (SSSR count). The molecule has 9 nitrogen and oxygen atoms in total. The fourth-order valence-electron chi connectivity index (χ4n) is 5.91. The number of likely N-dealkylation sites (tertiary alicyclic amines) is 1. The highest BCUT2D eigenvalue weighted by molar-refractivity contribution is 6.46. The van der Waals surface area contributed by atoms with Gasteiger partial charge in [0, 0.05) is 32.4 Å². The minimum absolute atomic E-state index is 0.0542. The molecule has 2 aromatic heterocycles. The molecule has 0 spiro atoms. The number of fused-ring (bicyclic) bond motifs is 1. The third kappa shape index (κ3) is 5.78. The fraction of sp³-hybridized carbons (Fsp3) is 0.324. The number of hydrogen-bond acceptors (Lipinski definition) is 7. The van der Waals surface area contributed by atoms with Gasteiger partial charge in [0.05, 0.1) is 30.5 Å². The van der Waals surface area contributed by atoms with Gasteiger partial charge < -0.3 is 23.9 Å². The fourth-order valence-corrected chi connectivity index (χ4v) is 5.91. The van der Waals surface area contributed by atoms with Crippen LogP contribution < -0.4 is 4.74 Å². The Kier molecular flexibility index (Phi) is 8.26. The highest BCUT2D eigenvalue weighted by atomic mass is 16.5. The van der Waals surface area contributed by atoms with E-state index < -0.39 is 17.7 Å². The number of carbonyl (C=O) groups is 2. The van der Waals surface area contributed by atoms with E-state index in [1.165, 1.54) is 0 Å². The first-order valence-electron chi connectivity index (χ1n) is 14.7. The van der Waals surface area contributed by atoms with Crippen LogP contribution >= 0.6 is 0 Å². The number of ether oxygens (including phenoxy) is 2. The van der Waals surface area contributed by atoms with E-state index in [0.29, 0.717) is 55.6 Å². The molecule has 2 aromatic carbocycles. The van der Waals surface area contributed by atoms with Gasteiger partial charge in [-0.2, -0.15) is 0 Å². The van der Waals surface area contributed by atoms with Gasteiger partial charge in [-0.3, -0.25) is 14.5 Å². The highest BCUT2D eigenvalue weighted by Gasteiger charge is 2.46. The molecule has 9 heteroatoms. The van der Waals surface area contributed by atoms with Crippen LogP contribution in [0.15, 0.2) is 78.5 Å². The zero-order valence-electron chi connectivity index (χ0n) is 24.5. The van der Waals surface area contributed by atoms with Crippen molar-refractivity contribution >= 4 is 23.1 Å². The topological polar surface area (TPSA) is 96.6 Å². The number of morpholine rings is 1. The monoisotopic (exact) mass is 580 g/mol. The van der Waals surface area contributed by atoms with Gasteiger partial charge >= 0.3 is 0 Å². The lowest BCUT2D eigenvalue weighted by Crippen LogP contribution is -2.38. The number of pyridine rings is 1. The van der Waals surface area contributed by atoms with E-state index in [2.05, 4.69) is 4.90 Å². The Morgan fingerprint density at radius 1 is 0.977 bits per heavy atom. The zero-order chi connectivity index (χ0) is 29.9. The van der Waals surface area contributed by atoms with Crippen molar-refractivity contribution in [2.45, 2.75) is 32.9 Å². The SMILES string of the molecule is Cc1cccn2c(C)c(C(O)=C3C(=O)C(=O)N(CCCN4CCOCC4)C3c3ccc(OCc4ccccc4)cc3)nc12. The number of Topliss-reactive ketones (excluding diaryl/α,β-unsaturated/α-hetero) is 1. The summed E-state index contributed by atoms with van der Waals surface area (Å²) in [6.45, 7) is 8.46. The van der Waals surface area contributed by atoms with Crippen LogP contribution in [0.3, 0.4) is 0 Å². The second kappa shape index (κ2) is 12.4. The largest absolute Gasteiger partial charge is 0.505 e. The van der Waals surface area contributed by atoms with Crippen molar-refractivity contribution in [2.24, 2.45) is 0 Å². The standard InChI is InChI=1S/C34H36N4O5/c1-23-8-6-16-37-24(2)29(35-33(23)37)31(39)28-30(26-11-13-27(14-12-26)43-22-25-9-4-3-5-10-25)38(34(41)32(28)40)17-7-15-36-18-20-42-21-19-36/h3-6,8-14,16,30,39H,7,15,17-22H2,1-2H3. The molecular weight excluding hydrogens is 544 g/mol. The number of benzene rings is 2. The third-order valence-electron chi connectivity index (χ3n) is 8.27. The molecular formula is C34H36N4O5. The molecule has 2 aliphatic heterocycles. The summed E-state index contributed by atoms with van der Waals surface area (Å²) in [5.41, 5.74) is 4.45. The number of amides is 1. The molecule has 43 heavy (non-hydrogen) atoms. The molecule has 4 aromatic rings. The van der Waals surface area contributed by atoms with Crippen molar-refractivity contribution < 1.29 is 24.2 Å².